The third-order valence-corrected chi connectivity index (χ3v) is 5.84. The number of nitrogens with zero attached hydrogens (tertiary/aromatic N) is 3. The fourth-order valence-electron chi connectivity index (χ4n) is 4.14. The molecular formula is C25H26N4O4. The van der Waals surface area contributed by atoms with Gasteiger partial charge < -0.3 is 19.3 Å². The van der Waals surface area contributed by atoms with E-state index in [9.17, 15) is 4.79 Å². The number of hydrogen-bond acceptors (Lipinski definition) is 6. The van der Waals surface area contributed by atoms with Crippen LogP contribution >= 0.6 is 0 Å². The van der Waals surface area contributed by atoms with Gasteiger partial charge in [0.15, 0.2) is 11.5 Å². The van der Waals surface area contributed by atoms with Gasteiger partial charge >= 0.3 is 6.03 Å². The molecule has 0 bridgehead atoms. The molecule has 3 heterocycles. The zero-order valence-electron chi connectivity index (χ0n) is 19.1. The zero-order valence-corrected chi connectivity index (χ0v) is 19.1. The Morgan fingerprint density at radius 1 is 1.09 bits per heavy atom. The van der Waals surface area contributed by atoms with Crippen LogP contribution in [0.1, 0.15) is 43.8 Å². The molecule has 0 saturated heterocycles. The zero-order chi connectivity index (χ0) is 23.1. The monoisotopic (exact) mass is 446 g/mol. The summed E-state index contributed by atoms with van der Waals surface area (Å²) in [6.45, 7) is 8.91. The molecule has 2 aliphatic heterocycles. The summed E-state index contributed by atoms with van der Waals surface area (Å²) in [6.07, 6.45) is 0. The van der Waals surface area contributed by atoms with Crippen LogP contribution in [0, 0.1) is 12.8 Å². The molecule has 2 aliphatic rings. The number of fused-ring (bicyclic) bond motifs is 1. The number of benzene rings is 2. The van der Waals surface area contributed by atoms with Crippen molar-refractivity contribution in [1.82, 2.24) is 20.4 Å². The van der Waals surface area contributed by atoms with E-state index in [2.05, 4.69) is 24.3 Å². The van der Waals surface area contributed by atoms with Crippen LogP contribution in [0.4, 0.5) is 4.79 Å². The lowest BCUT2D eigenvalue weighted by Crippen LogP contribution is -2.47. The van der Waals surface area contributed by atoms with Gasteiger partial charge in [-0.25, -0.2) is 4.79 Å². The molecule has 1 unspecified atom stereocenters. The molecule has 8 heteroatoms. The van der Waals surface area contributed by atoms with E-state index in [-0.39, 0.29) is 12.8 Å². The second-order valence-electron chi connectivity index (χ2n) is 8.79. The summed E-state index contributed by atoms with van der Waals surface area (Å²) in [5.74, 6) is 2.47. The lowest BCUT2D eigenvalue weighted by atomic mass is 9.94. The normalized spacial score (nSPS) is 17.7. The first-order valence-corrected chi connectivity index (χ1v) is 11.0. The van der Waals surface area contributed by atoms with Crippen molar-refractivity contribution in [2.75, 3.05) is 13.3 Å². The standard InChI is InChI=1S/C25H26N4O4/c1-14(2)12-29-16(4)21(22(26-25(29)30)17-7-5-15(3)6-8-17)24-27-23(28-33-24)18-9-10-19-20(11-18)32-13-31-19/h5-11,14,22H,12-13H2,1-4H3,(H,26,30). The average molecular weight is 447 g/mol. The number of nitrogens with one attached hydrogen (secondary N) is 1. The molecule has 33 heavy (non-hydrogen) atoms. The summed E-state index contributed by atoms with van der Waals surface area (Å²) in [7, 11) is 0. The number of urea groups is 1. The summed E-state index contributed by atoms with van der Waals surface area (Å²) in [6, 6.07) is 13.1. The number of aryl methyl sites for hydroxylation is 1. The summed E-state index contributed by atoms with van der Waals surface area (Å²) in [5.41, 5.74) is 4.46. The van der Waals surface area contributed by atoms with E-state index in [4.69, 9.17) is 19.0 Å². The van der Waals surface area contributed by atoms with Gasteiger partial charge in [-0.15, -0.1) is 0 Å². The van der Waals surface area contributed by atoms with E-state index in [0.717, 1.165) is 28.0 Å². The van der Waals surface area contributed by atoms with Crippen LogP contribution in [-0.2, 0) is 0 Å². The van der Waals surface area contributed by atoms with Crippen molar-refractivity contribution in [3.05, 3.63) is 65.2 Å². The van der Waals surface area contributed by atoms with Crippen LogP contribution in [0.25, 0.3) is 17.0 Å². The van der Waals surface area contributed by atoms with Crippen LogP contribution in [0.2, 0.25) is 0 Å². The fraction of sp³-hybridized carbons (Fsp3) is 0.320. The summed E-state index contributed by atoms with van der Waals surface area (Å²) < 4.78 is 16.6. The molecule has 0 saturated carbocycles. The molecule has 0 radical (unpaired) electrons. The molecule has 0 aliphatic carbocycles. The molecular weight excluding hydrogens is 420 g/mol. The van der Waals surface area contributed by atoms with E-state index in [0.29, 0.717) is 35.7 Å². The van der Waals surface area contributed by atoms with Crippen molar-refractivity contribution in [3.8, 4) is 22.9 Å². The Labute approximate surface area is 192 Å². The highest BCUT2D eigenvalue weighted by molar-refractivity contribution is 5.87. The molecule has 1 atom stereocenters. The van der Waals surface area contributed by atoms with Crippen LogP contribution in [-0.4, -0.2) is 34.4 Å². The van der Waals surface area contributed by atoms with Crippen molar-refractivity contribution >= 4 is 11.6 Å². The lowest BCUT2D eigenvalue weighted by Gasteiger charge is -2.36. The van der Waals surface area contributed by atoms with Crippen molar-refractivity contribution in [2.45, 2.75) is 33.7 Å². The minimum atomic E-state index is -0.397. The molecule has 1 N–H and O–H groups in total. The van der Waals surface area contributed by atoms with E-state index in [1.165, 1.54) is 0 Å². The van der Waals surface area contributed by atoms with Gasteiger partial charge in [-0.1, -0.05) is 48.8 Å². The van der Waals surface area contributed by atoms with Crippen molar-refractivity contribution in [3.63, 3.8) is 0 Å². The number of amides is 2. The van der Waals surface area contributed by atoms with Gasteiger partial charge in [0.25, 0.3) is 5.89 Å². The Morgan fingerprint density at radius 3 is 2.61 bits per heavy atom. The van der Waals surface area contributed by atoms with Gasteiger partial charge in [0.2, 0.25) is 12.6 Å². The lowest BCUT2D eigenvalue weighted by molar-refractivity contribution is 0.174. The Kier molecular flexibility index (Phi) is 5.28. The van der Waals surface area contributed by atoms with Gasteiger partial charge in [0.1, 0.15) is 0 Å². The summed E-state index contributed by atoms with van der Waals surface area (Å²) >= 11 is 0. The summed E-state index contributed by atoms with van der Waals surface area (Å²) in [5, 5.41) is 7.36. The van der Waals surface area contributed by atoms with Gasteiger partial charge in [0, 0.05) is 17.8 Å². The van der Waals surface area contributed by atoms with E-state index >= 15 is 0 Å². The molecule has 0 spiro atoms. The molecule has 8 nitrogen and oxygen atoms in total. The number of ether oxygens (including phenoxy) is 2. The number of allylic oxidation sites excluding steroid dienone is 1. The quantitative estimate of drug-likeness (QED) is 0.598. The maximum absolute atomic E-state index is 13.0. The Bertz CT molecular complexity index is 1230. The molecule has 5 rings (SSSR count). The van der Waals surface area contributed by atoms with Crippen molar-refractivity contribution in [1.29, 1.82) is 0 Å². The number of carbonyl (C=O) groups excluding carboxylic acids is 1. The first-order valence-electron chi connectivity index (χ1n) is 11.0. The maximum atomic E-state index is 13.0. The average Bonchev–Trinajstić information content (AvgIpc) is 3.46. The number of hydrogen-bond donors (Lipinski definition) is 1. The van der Waals surface area contributed by atoms with E-state index in [1.807, 2.05) is 56.3 Å². The smallest absolute Gasteiger partial charge is 0.322 e. The van der Waals surface area contributed by atoms with Crippen molar-refractivity contribution in [2.24, 2.45) is 5.92 Å². The molecule has 3 aromatic rings. The van der Waals surface area contributed by atoms with Crippen LogP contribution in [0.15, 0.2) is 52.7 Å². The number of rotatable bonds is 5. The molecule has 170 valence electrons. The van der Waals surface area contributed by atoms with Crippen LogP contribution in [0.5, 0.6) is 11.5 Å². The number of carbonyl (C=O) groups is 1. The highest BCUT2D eigenvalue weighted by atomic mass is 16.7. The fourth-order valence-corrected chi connectivity index (χ4v) is 4.14. The Morgan fingerprint density at radius 2 is 1.85 bits per heavy atom. The first kappa shape index (κ1) is 21.1. The third kappa shape index (κ3) is 3.92. The van der Waals surface area contributed by atoms with Gasteiger partial charge in [-0.3, -0.25) is 4.90 Å². The van der Waals surface area contributed by atoms with Gasteiger partial charge in [-0.05, 0) is 43.5 Å². The van der Waals surface area contributed by atoms with Gasteiger partial charge in [0.05, 0.1) is 11.6 Å². The predicted octanol–water partition coefficient (Wildman–Crippen LogP) is 4.93. The van der Waals surface area contributed by atoms with E-state index < -0.39 is 6.04 Å². The van der Waals surface area contributed by atoms with Gasteiger partial charge in [-0.2, -0.15) is 4.98 Å². The Balaban J connectivity index is 1.58. The second-order valence-corrected chi connectivity index (χ2v) is 8.79. The minimum absolute atomic E-state index is 0.133. The molecule has 1 aromatic heterocycles. The largest absolute Gasteiger partial charge is 0.454 e. The van der Waals surface area contributed by atoms with E-state index in [1.54, 1.807) is 4.90 Å². The maximum Gasteiger partial charge on any atom is 0.322 e. The van der Waals surface area contributed by atoms with Crippen LogP contribution < -0.4 is 14.8 Å². The number of aromatic nitrogens is 2. The molecule has 0 fully saturated rings. The second kappa shape index (κ2) is 8.27. The predicted molar refractivity (Wildman–Crippen MR) is 122 cm³/mol. The highest BCUT2D eigenvalue weighted by Gasteiger charge is 2.36. The first-order chi connectivity index (χ1) is 15.9. The molecule has 2 aromatic carbocycles. The Hall–Kier alpha value is -3.81. The SMILES string of the molecule is CC1=C(c2nc(-c3ccc4c(c3)OCO4)no2)C(c2ccc(C)cc2)NC(=O)N1CC(C)C. The van der Waals surface area contributed by atoms with Crippen molar-refractivity contribution < 1.29 is 18.8 Å². The topological polar surface area (TPSA) is 89.7 Å². The minimum Gasteiger partial charge on any atom is -0.454 e. The molecule has 2 amide bonds. The summed E-state index contributed by atoms with van der Waals surface area (Å²) in [4.78, 5) is 19.4. The third-order valence-electron chi connectivity index (χ3n) is 5.84. The highest BCUT2D eigenvalue weighted by Crippen LogP contribution is 2.39. The van der Waals surface area contributed by atoms with Crippen LogP contribution in [0.3, 0.4) is 0 Å².